The number of nitrogens with zero attached hydrogens (tertiary/aromatic N) is 2. The number of benzene rings is 1. The Kier molecular flexibility index (Phi) is 9.68. The van der Waals surface area contributed by atoms with Crippen LogP contribution in [0.5, 0.6) is 0 Å². The van der Waals surface area contributed by atoms with E-state index < -0.39 is 17.4 Å². The van der Waals surface area contributed by atoms with Crippen LogP contribution < -0.4 is 0 Å². The number of aliphatic carboxylic acids is 2. The van der Waals surface area contributed by atoms with E-state index >= 15 is 0 Å². The second kappa shape index (κ2) is 13.2. The molecule has 5 rings (SSSR count). The fraction of sp³-hybridized carbons (Fsp3) is 0.484. The second-order valence-electron chi connectivity index (χ2n) is 11.0. The molecule has 0 bridgehead atoms. The Balaban J connectivity index is 0.000000557. The fourth-order valence-electron chi connectivity index (χ4n) is 6.10. The number of ketones is 1. The Bertz CT molecular complexity index is 1300. The van der Waals surface area contributed by atoms with Gasteiger partial charge < -0.3 is 19.5 Å². The monoisotopic (exact) mass is 552 g/mol. The van der Waals surface area contributed by atoms with Crippen molar-refractivity contribution in [2.45, 2.75) is 69.6 Å². The van der Waals surface area contributed by atoms with Crippen molar-refractivity contribution in [3.8, 4) is 0 Å². The number of hydrogen-bond donors (Lipinski definition) is 2. The number of carbonyl (C=O) groups excluding carboxylic acids is 1. The van der Waals surface area contributed by atoms with Crippen molar-refractivity contribution in [1.29, 1.82) is 0 Å². The zero-order valence-corrected chi connectivity index (χ0v) is 22.9. The number of piperidine rings is 1. The smallest absolute Gasteiger partial charge is 0.414 e. The Morgan fingerprint density at radius 2 is 1.70 bits per heavy atom. The summed E-state index contributed by atoms with van der Waals surface area (Å²) in [5, 5.41) is 15.4. The van der Waals surface area contributed by atoms with Crippen LogP contribution in [0.2, 0.25) is 0 Å². The number of Topliss-reactive ketones (excluding diaryl/α,β-unsaturated/α-hetero) is 1. The van der Waals surface area contributed by atoms with Gasteiger partial charge in [-0.1, -0.05) is 31.4 Å². The molecule has 214 valence electrons. The molecule has 3 aromatic rings. The lowest BCUT2D eigenvalue weighted by Crippen LogP contribution is -2.43. The summed E-state index contributed by atoms with van der Waals surface area (Å²) >= 11 is 0. The molecule has 3 heterocycles. The average molecular weight is 553 g/mol. The van der Waals surface area contributed by atoms with Gasteiger partial charge >= 0.3 is 11.9 Å². The van der Waals surface area contributed by atoms with Crippen molar-refractivity contribution < 1.29 is 33.4 Å². The second-order valence-corrected chi connectivity index (χ2v) is 11.0. The van der Waals surface area contributed by atoms with E-state index in [1.54, 1.807) is 18.4 Å². The van der Waals surface area contributed by atoms with Gasteiger partial charge in [0.2, 0.25) is 0 Å². The van der Waals surface area contributed by atoms with E-state index in [-0.39, 0.29) is 11.7 Å². The third-order valence-electron chi connectivity index (χ3n) is 8.48. The molecule has 0 amide bonds. The topological polar surface area (TPSA) is 121 Å². The normalized spacial score (nSPS) is 18.4. The first kappa shape index (κ1) is 29.4. The summed E-state index contributed by atoms with van der Waals surface area (Å²) in [7, 11) is 0. The zero-order valence-electron chi connectivity index (χ0n) is 22.9. The molecule has 2 N–H and O–H groups in total. The van der Waals surface area contributed by atoms with Crippen LogP contribution in [-0.2, 0) is 19.8 Å². The Morgan fingerprint density at radius 1 is 1.00 bits per heavy atom. The molecule has 8 nitrogen and oxygen atoms in total. The molecule has 1 atom stereocenters. The number of halogens is 1. The molecule has 0 radical (unpaired) electrons. The first-order valence-electron chi connectivity index (χ1n) is 14.0. The van der Waals surface area contributed by atoms with Gasteiger partial charge in [-0.3, -0.25) is 9.78 Å². The molecule has 1 aliphatic heterocycles. The van der Waals surface area contributed by atoms with Crippen molar-refractivity contribution in [2.24, 2.45) is 5.92 Å². The number of pyridine rings is 1. The van der Waals surface area contributed by atoms with Gasteiger partial charge in [0.05, 0.1) is 22.8 Å². The highest BCUT2D eigenvalue weighted by molar-refractivity contribution is 6.27. The third kappa shape index (κ3) is 6.75. The molecule has 1 aromatic carbocycles. The number of carboxylic acid groups (broad SMARTS) is 2. The maximum Gasteiger partial charge on any atom is 0.414 e. The number of likely N-dealkylation sites (tertiary alicyclic amines) is 1. The summed E-state index contributed by atoms with van der Waals surface area (Å²) in [5.74, 6) is -2.95. The summed E-state index contributed by atoms with van der Waals surface area (Å²) in [6, 6.07) is 11.1. The van der Waals surface area contributed by atoms with Gasteiger partial charge in [-0.15, -0.1) is 0 Å². The van der Waals surface area contributed by atoms with Gasteiger partial charge in [0.15, 0.2) is 0 Å². The quantitative estimate of drug-likeness (QED) is 0.353. The van der Waals surface area contributed by atoms with Crippen molar-refractivity contribution in [2.75, 3.05) is 19.6 Å². The summed E-state index contributed by atoms with van der Waals surface area (Å²) in [6.45, 7) is 4.95. The average Bonchev–Trinajstić information content (AvgIpc) is 3.48. The van der Waals surface area contributed by atoms with Crippen LogP contribution in [0.1, 0.15) is 75.5 Å². The highest BCUT2D eigenvalue weighted by Gasteiger charge is 2.40. The lowest BCUT2D eigenvalue weighted by molar-refractivity contribution is -0.159. The minimum Gasteiger partial charge on any atom is -0.473 e. The number of aromatic nitrogens is 1. The summed E-state index contributed by atoms with van der Waals surface area (Å²) in [5.41, 5.74) is 2.18. The Morgan fingerprint density at radius 3 is 2.33 bits per heavy atom. The molecule has 9 heteroatoms. The molecule has 2 fully saturated rings. The van der Waals surface area contributed by atoms with Crippen molar-refractivity contribution >= 4 is 28.7 Å². The van der Waals surface area contributed by atoms with E-state index in [4.69, 9.17) is 24.2 Å². The lowest BCUT2D eigenvalue weighted by Gasteiger charge is -2.37. The molecule has 1 unspecified atom stereocenters. The maximum atomic E-state index is 14.1. The maximum absolute atomic E-state index is 14.1. The predicted molar refractivity (Wildman–Crippen MR) is 148 cm³/mol. The molecular formula is C31H37FN2O6. The molecule has 1 saturated carbocycles. The summed E-state index contributed by atoms with van der Waals surface area (Å²) < 4.78 is 19.7. The van der Waals surface area contributed by atoms with Crippen molar-refractivity contribution in [3.05, 3.63) is 65.9 Å². The minimum atomic E-state index is -1.82. The van der Waals surface area contributed by atoms with E-state index in [1.165, 1.54) is 6.42 Å². The molecule has 1 aliphatic carbocycles. The number of carbonyl (C=O) groups is 3. The van der Waals surface area contributed by atoms with E-state index in [9.17, 15) is 9.18 Å². The van der Waals surface area contributed by atoms with E-state index in [2.05, 4.69) is 16.8 Å². The van der Waals surface area contributed by atoms with Gasteiger partial charge in [-0.25, -0.2) is 14.0 Å². The molecule has 40 heavy (non-hydrogen) atoms. The number of rotatable bonds is 7. The first-order chi connectivity index (χ1) is 19.2. The highest BCUT2D eigenvalue weighted by atomic mass is 19.1. The number of carboxylic acids is 2. The first-order valence-corrected chi connectivity index (χ1v) is 14.0. The van der Waals surface area contributed by atoms with Crippen molar-refractivity contribution in [1.82, 2.24) is 9.88 Å². The van der Waals surface area contributed by atoms with Gasteiger partial charge in [-0.2, -0.15) is 0 Å². The third-order valence-corrected chi connectivity index (χ3v) is 8.48. The molecule has 2 aliphatic rings. The van der Waals surface area contributed by atoms with Crippen LogP contribution >= 0.6 is 0 Å². The molecule has 1 saturated heterocycles. The van der Waals surface area contributed by atoms with Gasteiger partial charge in [0.25, 0.3) is 0 Å². The minimum absolute atomic E-state index is 0.167. The van der Waals surface area contributed by atoms with Crippen LogP contribution in [0, 0.1) is 11.7 Å². The standard InChI is InChI=1S/C29H35FN2O2.C2H2O4/c1-29(26-9-5-6-16-31-26,28(33)22-7-3-2-4-8-22)15-19-32-17-12-21(13-18-32)23-10-11-25(30)24-14-20-34-27(23)24;3-1(4)2(5)6/h5-6,9-11,14,16,20-22H,2-4,7-8,12-13,15,17-19H2,1H3;(H,3,4)(H,5,6). The summed E-state index contributed by atoms with van der Waals surface area (Å²) in [4.78, 5) is 39.1. The SMILES string of the molecule is CC(CCN1CCC(c2ccc(F)c3ccoc23)CC1)(C(=O)C1CCCCC1)c1ccccn1.O=C(O)C(=O)O. The number of fused-ring (bicyclic) bond motifs is 1. The van der Waals surface area contributed by atoms with Crippen LogP contribution in [0.15, 0.2) is 53.3 Å². The van der Waals surface area contributed by atoms with Crippen molar-refractivity contribution in [3.63, 3.8) is 0 Å². The highest BCUT2D eigenvalue weighted by Crippen LogP contribution is 2.38. The molecule has 2 aromatic heterocycles. The van der Waals surface area contributed by atoms with E-state index in [1.807, 2.05) is 30.5 Å². The van der Waals surface area contributed by atoms with Crippen LogP contribution in [0.25, 0.3) is 11.0 Å². The molecular weight excluding hydrogens is 515 g/mol. The van der Waals surface area contributed by atoms with E-state index in [0.29, 0.717) is 22.7 Å². The number of furan rings is 1. The fourth-order valence-corrected chi connectivity index (χ4v) is 6.10. The van der Waals surface area contributed by atoms with Crippen LogP contribution in [0.4, 0.5) is 4.39 Å². The summed E-state index contributed by atoms with van der Waals surface area (Å²) in [6.07, 6.45) is 11.8. The largest absolute Gasteiger partial charge is 0.473 e. The lowest BCUT2D eigenvalue weighted by atomic mass is 9.70. The van der Waals surface area contributed by atoms with Crippen LogP contribution in [-0.4, -0.2) is 57.5 Å². The predicted octanol–water partition coefficient (Wildman–Crippen LogP) is 5.80. The van der Waals surface area contributed by atoms with Gasteiger partial charge in [-0.05, 0) is 94.4 Å². The number of hydrogen-bond acceptors (Lipinski definition) is 6. The Hall–Kier alpha value is -3.59. The van der Waals surface area contributed by atoms with E-state index in [0.717, 1.165) is 75.8 Å². The van der Waals surface area contributed by atoms with Gasteiger partial charge in [0, 0.05) is 12.1 Å². The van der Waals surface area contributed by atoms with Gasteiger partial charge in [0.1, 0.15) is 17.2 Å². The molecule has 0 spiro atoms. The zero-order chi connectivity index (χ0) is 28.7. The Labute approximate surface area is 233 Å². The van der Waals surface area contributed by atoms with Crippen LogP contribution in [0.3, 0.4) is 0 Å².